The topological polar surface area (TPSA) is 69.8 Å². The third-order valence-corrected chi connectivity index (χ3v) is 3.93. The summed E-state index contributed by atoms with van der Waals surface area (Å²) in [6.45, 7) is 2.16. The van der Waals surface area contributed by atoms with Crippen LogP contribution in [-0.4, -0.2) is 29.2 Å². The van der Waals surface area contributed by atoms with Crippen molar-refractivity contribution in [3.8, 4) is 0 Å². The number of piperidine rings is 1. The standard InChI is InChI=1S/C15H20N4O/c20-14(7-6-11-3-2-8-16-9-11)18-13-5-1-4-12-10-17-19-15(12)13/h1,4-5,10-11,16H,2-3,6-9H2,(H,17,19)(H,18,20). The zero-order valence-electron chi connectivity index (χ0n) is 11.5. The van der Waals surface area contributed by atoms with Gasteiger partial charge in [0.2, 0.25) is 5.91 Å². The van der Waals surface area contributed by atoms with E-state index in [1.807, 2.05) is 18.2 Å². The number of amides is 1. The number of benzene rings is 1. The van der Waals surface area contributed by atoms with E-state index in [2.05, 4.69) is 20.8 Å². The lowest BCUT2D eigenvalue weighted by molar-refractivity contribution is -0.116. The number of aromatic nitrogens is 2. The van der Waals surface area contributed by atoms with Crippen molar-refractivity contribution < 1.29 is 4.79 Å². The number of rotatable bonds is 4. The van der Waals surface area contributed by atoms with Gasteiger partial charge in [-0.15, -0.1) is 0 Å². The molecular formula is C15H20N4O. The fourth-order valence-corrected chi connectivity index (χ4v) is 2.79. The van der Waals surface area contributed by atoms with E-state index in [9.17, 15) is 4.79 Å². The Balaban J connectivity index is 1.57. The molecule has 0 bridgehead atoms. The Labute approximate surface area is 118 Å². The first-order chi connectivity index (χ1) is 9.83. The van der Waals surface area contributed by atoms with Gasteiger partial charge in [0, 0.05) is 11.8 Å². The van der Waals surface area contributed by atoms with E-state index in [1.165, 1.54) is 12.8 Å². The highest BCUT2D eigenvalue weighted by atomic mass is 16.1. The average Bonchev–Trinajstić information content (AvgIpc) is 2.96. The first-order valence-electron chi connectivity index (χ1n) is 7.25. The van der Waals surface area contributed by atoms with Crippen LogP contribution in [0.25, 0.3) is 10.9 Å². The number of nitrogens with zero attached hydrogens (tertiary/aromatic N) is 1. The molecule has 0 radical (unpaired) electrons. The maximum atomic E-state index is 12.1. The molecule has 3 N–H and O–H groups in total. The number of carbonyl (C=O) groups is 1. The van der Waals surface area contributed by atoms with E-state index in [1.54, 1.807) is 6.20 Å². The lowest BCUT2D eigenvalue weighted by atomic mass is 9.94. The van der Waals surface area contributed by atoms with Crippen LogP contribution in [0.2, 0.25) is 0 Å². The first-order valence-corrected chi connectivity index (χ1v) is 7.25. The molecule has 1 fully saturated rings. The zero-order chi connectivity index (χ0) is 13.8. The second-order valence-electron chi connectivity index (χ2n) is 5.44. The van der Waals surface area contributed by atoms with Gasteiger partial charge in [0.25, 0.3) is 0 Å². The number of para-hydroxylation sites is 1. The first kappa shape index (κ1) is 13.1. The monoisotopic (exact) mass is 272 g/mol. The van der Waals surface area contributed by atoms with Gasteiger partial charge in [0.05, 0.1) is 17.4 Å². The van der Waals surface area contributed by atoms with Crippen LogP contribution in [0.15, 0.2) is 24.4 Å². The molecular weight excluding hydrogens is 252 g/mol. The predicted octanol–water partition coefficient (Wildman–Crippen LogP) is 2.28. The second-order valence-corrected chi connectivity index (χ2v) is 5.44. The summed E-state index contributed by atoms with van der Waals surface area (Å²) >= 11 is 0. The van der Waals surface area contributed by atoms with E-state index >= 15 is 0 Å². The number of hydrogen-bond donors (Lipinski definition) is 3. The molecule has 3 rings (SSSR count). The molecule has 0 spiro atoms. The average molecular weight is 272 g/mol. The van der Waals surface area contributed by atoms with Gasteiger partial charge in [-0.05, 0) is 44.3 Å². The van der Waals surface area contributed by atoms with Crippen molar-refractivity contribution in [3.63, 3.8) is 0 Å². The van der Waals surface area contributed by atoms with Crippen LogP contribution >= 0.6 is 0 Å². The maximum absolute atomic E-state index is 12.1. The van der Waals surface area contributed by atoms with E-state index in [0.29, 0.717) is 12.3 Å². The number of fused-ring (bicyclic) bond motifs is 1. The third kappa shape index (κ3) is 2.99. The normalized spacial score (nSPS) is 19.1. The highest BCUT2D eigenvalue weighted by Gasteiger charge is 2.15. The Hall–Kier alpha value is -1.88. The van der Waals surface area contributed by atoms with Crippen LogP contribution in [0.4, 0.5) is 5.69 Å². The fourth-order valence-electron chi connectivity index (χ4n) is 2.79. The number of H-pyrrole nitrogens is 1. The van der Waals surface area contributed by atoms with E-state index in [-0.39, 0.29) is 5.91 Å². The summed E-state index contributed by atoms with van der Waals surface area (Å²) in [6, 6.07) is 5.81. The SMILES string of the molecule is O=C(CCC1CCCNC1)Nc1cccc2cn[nH]c12. The van der Waals surface area contributed by atoms with Gasteiger partial charge in [0.1, 0.15) is 0 Å². The Kier molecular flexibility index (Phi) is 3.97. The molecule has 5 nitrogen and oxygen atoms in total. The van der Waals surface area contributed by atoms with Gasteiger partial charge in [-0.3, -0.25) is 9.89 Å². The Morgan fingerprint density at radius 1 is 1.45 bits per heavy atom. The van der Waals surface area contributed by atoms with Crippen molar-refractivity contribution in [2.75, 3.05) is 18.4 Å². The molecule has 2 aromatic rings. The van der Waals surface area contributed by atoms with Gasteiger partial charge in [0.15, 0.2) is 0 Å². The minimum absolute atomic E-state index is 0.0812. The maximum Gasteiger partial charge on any atom is 0.224 e. The van der Waals surface area contributed by atoms with Crippen molar-refractivity contribution in [1.82, 2.24) is 15.5 Å². The molecule has 1 atom stereocenters. The smallest absolute Gasteiger partial charge is 0.224 e. The lowest BCUT2D eigenvalue weighted by Gasteiger charge is -2.22. The van der Waals surface area contributed by atoms with Crippen LogP contribution in [0.5, 0.6) is 0 Å². The van der Waals surface area contributed by atoms with Crippen molar-refractivity contribution in [3.05, 3.63) is 24.4 Å². The summed E-state index contributed by atoms with van der Waals surface area (Å²) < 4.78 is 0. The van der Waals surface area contributed by atoms with Gasteiger partial charge < -0.3 is 10.6 Å². The lowest BCUT2D eigenvalue weighted by Crippen LogP contribution is -2.30. The summed E-state index contributed by atoms with van der Waals surface area (Å²) in [7, 11) is 0. The van der Waals surface area contributed by atoms with Gasteiger partial charge in [-0.25, -0.2) is 0 Å². The molecule has 0 aliphatic carbocycles. The van der Waals surface area contributed by atoms with Crippen molar-refractivity contribution in [1.29, 1.82) is 0 Å². The van der Waals surface area contributed by atoms with E-state index in [4.69, 9.17) is 0 Å². The second kappa shape index (κ2) is 6.05. The Morgan fingerprint density at radius 2 is 2.40 bits per heavy atom. The molecule has 1 aliphatic rings. The summed E-state index contributed by atoms with van der Waals surface area (Å²) in [5.74, 6) is 0.718. The minimum Gasteiger partial charge on any atom is -0.324 e. The van der Waals surface area contributed by atoms with Gasteiger partial charge in [-0.1, -0.05) is 12.1 Å². The molecule has 1 aromatic carbocycles. The Bertz CT molecular complexity index is 586. The summed E-state index contributed by atoms with van der Waals surface area (Å²) in [4.78, 5) is 12.1. The fraction of sp³-hybridized carbons (Fsp3) is 0.467. The molecule has 5 heteroatoms. The van der Waals surface area contributed by atoms with Crippen LogP contribution < -0.4 is 10.6 Å². The van der Waals surface area contributed by atoms with E-state index in [0.717, 1.165) is 36.1 Å². The van der Waals surface area contributed by atoms with Crippen molar-refractivity contribution in [2.24, 2.45) is 5.92 Å². The van der Waals surface area contributed by atoms with Crippen LogP contribution in [0.1, 0.15) is 25.7 Å². The number of carbonyl (C=O) groups excluding carboxylic acids is 1. The minimum atomic E-state index is 0.0812. The third-order valence-electron chi connectivity index (χ3n) is 3.93. The number of hydrogen-bond acceptors (Lipinski definition) is 3. The highest BCUT2D eigenvalue weighted by Crippen LogP contribution is 2.21. The van der Waals surface area contributed by atoms with Gasteiger partial charge in [-0.2, -0.15) is 5.10 Å². The number of aromatic amines is 1. The summed E-state index contributed by atoms with van der Waals surface area (Å²) in [5.41, 5.74) is 1.70. The molecule has 1 aromatic heterocycles. The van der Waals surface area contributed by atoms with Crippen molar-refractivity contribution >= 4 is 22.5 Å². The molecule has 106 valence electrons. The van der Waals surface area contributed by atoms with Crippen LogP contribution in [-0.2, 0) is 4.79 Å². The predicted molar refractivity (Wildman–Crippen MR) is 79.6 cm³/mol. The molecule has 1 saturated heterocycles. The molecule has 0 saturated carbocycles. The summed E-state index contributed by atoms with van der Waals surface area (Å²) in [6.07, 6.45) is 5.75. The summed E-state index contributed by atoms with van der Waals surface area (Å²) in [5, 5.41) is 14.3. The van der Waals surface area contributed by atoms with Crippen LogP contribution in [0.3, 0.4) is 0 Å². The molecule has 1 unspecified atom stereocenters. The van der Waals surface area contributed by atoms with Gasteiger partial charge >= 0.3 is 0 Å². The van der Waals surface area contributed by atoms with Crippen molar-refractivity contribution in [2.45, 2.75) is 25.7 Å². The molecule has 20 heavy (non-hydrogen) atoms. The Morgan fingerprint density at radius 3 is 3.25 bits per heavy atom. The van der Waals surface area contributed by atoms with E-state index < -0.39 is 0 Å². The molecule has 1 aliphatic heterocycles. The van der Waals surface area contributed by atoms with Crippen LogP contribution in [0, 0.1) is 5.92 Å². The molecule has 1 amide bonds. The number of anilines is 1. The molecule has 2 heterocycles. The number of nitrogens with one attached hydrogen (secondary N) is 3. The zero-order valence-corrected chi connectivity index (χ0v) is 11.5. The largest absolute Gasteiger partial charge is 0.324 e. The quantitative estimate of drug-likeness (QED) is 0.799. The highest BCUT2D eigenvalue weighted by molar-refractivity contribution is 6.00.